The van der Waals surface area contributed by atoms with Crippen LogP contribution in [0, 0.1) is 5.82 Å². The van der Waals surface area contributed by atoms with E-state index in [0.717, 1.165) is 21.5 Å². The Bertz CT molecular complexity index is 1610. The smallest absolute Gasteiger partial charge is 0.346 e. The van der Waals surface area contributed by atoms with Gasteiger partial charge in [0.05, 0.1) is 30.4 Å². The van der Waals surface area contributed by atoms with Gasteiger partial charge in [-0.15, -0.1) is 5.10 Å². The molecule has 0 aliphatic carbocycles. The van der Waals surface area contributed by atoms with Gasteiger partial charge in [0.1, 0.15) is 6.17 Å². The van der Waals surface area contributed by atoms with Crippen LogP contribution in [0.5, 0.6) is 0 Å². The van der Waals surface area contributed by atoms with Gasteiger partial charge in [0, 0.05) is 31.7 Å². The molecule has 0 fully saturated rings. The van der Waals surface area contributed by atoms with Crippen LogP contribution in [-0.4, -0.2) is 42.5 Å². The van der Waals surface area contributed by atoms with E-state index in [4.69, 9.17) is 0 Å². The summed E-state index contributed by atoms with van der Waals surface area (Å²) in [7, 11) is 0. The standard InChI is InChI=1S/C27H24F5N7O3/c28-20(6-8-38-9-7-21(24(29)26(38)42)35-23(40)11-17-4-2-1-3-5-17)15-39-16-22(36-37-39)25(41)34-13-18-10-19(14-33-12-18)27(30,31)32/h1-5,7,9-10,12,14,16,20H,6,8,11,13,15H2,(H,34,41)(H,35,40). The number of anilines is 1. The lowest BCUT2D eigenvalue weighted by molar-refractivity contribution is -0.137. The number of halogens is 5. The molecule has 3 heterocycles. The Balaban J connectivity index is 1.26. The first kappa shape index (κ1) is 30.0. The highest BCUT2D eigenvalue weighted by Gasteiger charge is 2.31. The van der Waals surface area contributed by atoms with Crippen molar-refractivity contribution in [1.29, 1.82) is 0 Å². The topological polar surface area (TPSA) is 124 Å². The monoisotopic (exact) mass is 589 g/mol. The summed E-state index contributed by atoms with van der Waals surface area (Å²) in [5.74, 6) is -2.43. The average molecular weight is 590 g/mol. The molecular formula is C27H24F5N7O3. The highest BCUT2D eigenvalue weighted by Crippen LogP contribution is 2.28. The molecular weight excluding hydrogens is 565 g/mol. The zero-order valence-corrected chi connectivity index (χ0v) is 21.8. The van der Waals surface area contributed by atoms with Crippen LogP contribution >= 0.6 is 0 Å². The van der Waals surface area contributed by atoms with Crippen molar-refractivity contribution in [3.05, 3.63) is 106 Å². The van der Waals surface area contributed by atoms with E-state index in [2.05, 4.69) is 25.9 Å². The largest absolute Gasteiger partial charge is 0.417 e. The number of nitrogens with one attached hydrogen (secondary N) is 2. The fourth-order valence-electron chi connectivity index (χ4n) is 3.87. The summed E-state index contributed by atoms with van der Waals surface area (Å²) in [6.45, 7) is -0.764. The molecule has 1 unspecified atom stereocenters. The molecule has 2 amide bonds. The number of amides is 2. The number of aryl methyl sites for hydroxylation is 1. The van der Waals surface area contributed by atoms with E-state index in [1.54, 1.807) is 30.3 Å². The second kappa shape index (κ2) is 13.1. The van der Waals surface area contributed by atoms with Gasteiger partial charge in [-0.25, -0.2) is 9.07 Å². The zero-order valence-electron chi connectivity index (χ0n) is 21.8. The van der Waals surface area contributed by atoms with Crippen LogP contribution in [-0.2, 0) is 37.0 Å². The van der Waals surface area contributed by atoms with Crippen molar-refractivity contribution in [2.24, 2.45) is 0 Å². The molecule has 220 valence electrons. The number of carbonyl (C=O) groups is 2. The Kier molecular flexibility index (Phi) is 9.39. The Labute approximate surface area is 235 Å². The van der Waals surface area contributed by atoms with Gasteiger partial charge in [-0.2, -0.15) is 17.6 Å². The third kappa shape index (κ3) is 8.05. The number of benzene rings is 1. The minimum Gasteiger partial charge on any atom is -0.346 e. The number of pyridine rings is 2. The molecule has 0 saturated heterocycles. The predicted octanol–water partition coefficient (Wildman–Crippen LogP) is 3.53. The first-order valence-electron chi connectivity index (χ1n) is 12.6. The number of hydrogen-bond donors (Lipinski definition) is 2. The Morgan fingerprint density at radius 3 is 2.55 bits per heavy atom. The van der Waals surface area contributed by atoms with Gasteiger partial charge < -0.3 is 15.2 Å². The molecule has 0 saturated carbocycles. The maximum Gasteiger partial charge on any atom is 0.417 e. The third-order valence-corrected chi connectivity index (χ3v) is 6.00. The van der Waals surface area contributed by atoms with Crippen LogP contribution in [0.3, 0.4) is 0 Å². The number of aromatic nitrogens is 5. The van der Waals surface area contributed by atoms with Crippen molar-refractivity contribution < 1.29 is 31.5 Å². The number of carbonyl (C=O) groups excluding carboxylic acids is 2. The molecule has 10 nitrogen and oxygen atoms in total. The zero-order chi connectivity index (χ0) is 30.3. The summed E-state index contributed by atoms with van der Waals surface area (Å²) < 4.78 is 69.7. The lowest BCUT2D eigenvalue weighted by Gasteiger charge is -2.12. The Morgan fingerprint density at radius 1 is 1.05 bits per heavy atom. The molecule has 0 aliphatic heterocycles. The molecule has 1 atom stereocenters. The molecule has 0 bridgehead atoms. The maximum atomic E-state index is 14.6. The van der Waals surface area contributed by atoms with E-state index >= 15 is 0 Å². The quantitative estimate of drug-likeness (QED) is 0.258. The molecule has 0 radical (unpaired) electrons. The predicted molar refractivity (Wildman–Crippen MR) is 139 cm³/mol. The van der Waals surface area contributed by atoms with Crippen LogP contribution in [0.15, 0.2) is 72.0 Å². The SMILES string of the molecule is O=C(Cc1ccccc1)Nc1ccn(CCC(F)Cn2cc(C(=O)NCc3cncc(C(F)(F)F)c3)nn2)c(=O)c1F. The molecule has 4 rings (SSSR count). The van der Waals surface area contributed by atoms with Crippen LogP contribution < -0.4 is 16.2 Å². The summed E-state index contributed by atoms with van der Waals surface area (Å²) in [5.41, 5.74) is -1.64. The second-order valence-corrected chi connectivity index (χ2v) is 9.23. The highest BCUT2D eigenvalue weighted by atomic mass is 19.4. The third-order valence-electron chi connectivity index (χ3n) is 6.00. The van der Waals surface area contributed by atoms with Gasteiger partial charge in [-0.3, -0.25) is 19.4 Å². The van der Waals surface area contributed by atoms with E-state index < -0.39 is 41.1 Å². The lowest BCUT2D eigenvalue weighted by Crippen LogP contribution is -2.27. The summed E-state index contributed by atoms with van der Waals surface area (Å²) >= 11 is 0. The highest BCUT2D eigenvalue weighted by molar-refractivity contribution is 5.92. The minimum absolute atomic E-state index is 0.00807. The molecule has 15 heteroatoms. The van der Waals surface area contributed by atoms with E-state index in [1.165, 1.54) is 18.5 Å². The fourth-order valence-corrected chi connectivity index (χ4v) is 3.87. The Morgan fingerprint density at radius 2 is 1.81 bits per heavy atom. The van der Waals surface area contributed by atoms with E-state index in [9.17, 15) is 36.3 Å². The van der Waals surface area contributed by atoms with Crippen molar-refractivity contribution in [3.63, 3.8) is 0 Å². The van der Waals surface area contributed by atoms with Crippen molar-refractivity contribution in [3.8, 4) is 0 Å². The van der Waals surface area contributed by atoms with Gasteiger partial charge in [-0.05, 0) is 29.7 Å². The van der Waals surface area contributed by atoms with Crippen molar-refractivity contribution in [1.82, 2.24) is 29.9 Å². The molecule has 42 heavy (non-hydrogen) atoms. The van der Waals surface area contributed by atoms with Crippen LogP contribution in [0.1, 0.15) is 33.6 Å². The number of rotatable bonds is 11. The first-order chi connectivity index (χ1) is 20.0. The second-order valence-electron chi connectivity index (χ2n) is 9.23. The van der Waals surface area contributed by atoms with Crippen LogP contribution in [0.25, 0.3) is 0 Å². The first-order valence-corrected chi connectivity index (χ1v) is 12.6. The van der Waals surface area contributed by atoms with Crippen molar-refractivity contribution in [2.75, 3.05) is 5.32 Å². The lowest BCUT2D eigenvalue weighted by atomic mass is 10.1. The van der Waals surface area contributed by atoms with Gasteiger partial charge in [0.15, 0.2) is 5.69 Å². The van der Waals surface area contributed by atoms with Gasteiger partial charge in [0.25, 0.3) is 11.5 Å². The molecule has 3 aromatic heterocycles. The van der Waals surface area contributed by atoms with Gasteiger partial charge in [0.2, 0.25) is 11.7 Å². The van der Waals surface area contributed by atoms with E-state index in [1.807, 2.05) is 0 Å². The molecule has 0 aliphatic rings. The Hall–Kier alpha value is -4.95. The summed E-state index contributed by atoms with van der Waals surface area (Å²) in [4.78, 5) is 40.4. The van der Waals surface area contributed by atoms with E-state index in [-0.39, 0.29) is 49.4 Å². The van der Waals surface area contributed by atoms with Crippen LogP contribution in [0.2, 0.25) is 0 Å². The number of hydrogen-bond acceptors (Lipinski definition) is 6. The molecule has 2 N–H and O–H groups in total. The van der Waals surface area contributed by atoms with Crippen molar-refractivity contribution in [2.45, 2.75) is 44.8 Å². The molecule has 1 aromatic carbocycles. The van der Waals surface area contributed by atoms with Crippen molar-refractivity contribution >= 4 is 17.5 Å². The normalized spacial score (nSPS) is 12.1. The summed E-state index contributed by atoms with van der Waals surface area (Å²) in [6.07, 6.45) is -2.11. The van der Waals surface area contributed by atoms with Gasteiger partial charge in [-0.1, -0.05) is 35.5 Å². The van der Waals surface area contributed by atoms with Gasteiger partial charge >= 0.3 is 6.18 Å². The average Bonchev–Trinajstić information content (AvgIpc) is 3.42. The molecule has 0 spiro atoms. The fraction of sp³-hybridized carbons (Fsp3) is 0.259. The summed E-state index contributed by atoms with van der Waals surface area (Å²) in [6, 6.07) is 10.8. The number of alkyl halides is 4. The minimum atomic E-state index is -4.58. The summed E-state index contributed by atoms with van der Waals surface area (Å²) in [5, 5.41) is 12.1. The molecule has 4 aromatic rings. The maximum absolute atomic E-state index is 14.6. The van der Waals surface area contributed by atoms with Crippen LogP contribution in [0.4, 0.5) is 27.6 Å². The number of nitrogens with zero attached hydrogens (tertiary/aromatic N) is 5. The van der Waals surface area contributed by atoms with E-state index in [0.29, 0.717) is 11.8 Å².